The van der Waals surface area contributed by atoms with Crippen molar-refractivity contribution in [2.24, 2.45) is 0 Å². The van der Waals surface area contributed by atoms with Crippen LogP contribution in [-0.4, -0.2) is 44.0 Å². The lowest BCUT2D eigenvalue weighted by molar-refractivity contribution is 0.203. The standard InChI is InChI=1S/C21H25FN4O3/c1-4-13(3)26-18(29)8-7-17-19(16-6-5-14(22)9-12(16)2)24-21(25-20(17)26)23-15(10-27)11-28/h5-9,13,15,27-28H,4,10-11H2,1-3H3,(H,23,24,25). The van der Waals surface area contributed by atoms with E-state index in [9.17, 15) is 19.4 Å². The average molecular weight is 400 g/mol. The molecule has 3 rings (SSSR count). The van der Waals surface area contributed by atoms with Crippen molar-refractivity contribution in [3.63, 3.8) is 0 Å². The molecule has 3 aromatic rings. The van der Waals surface area contributed by atoms with E-state index in [1.54, 1.807) is 23.6 Å². The Morgan fingerprint density at radius 3 is 2.52 bits per heavy atom. The van der Waals surface area contributed by atoms with Crippen LogP contribution < -0.4 is 10.9 Å². The first kappa shape index (κ1) is 20.9. The molecule has 0 saturated carbocycles. The van der Waals surface area contributed by atoms with Gasteiger partial charge in [0.15, 0.2) is 0 Å². The van der Waals surface area contributed by atoms with Gasteiger partial charge in [-0.3, -0.25) is 9.36 Å². The zero-order valence-corrected chi connectivity index (χ0v) is 16.7. The highest BCUT2D eigenvalue weighted by Gasteiger charge is 2.19. The smallest absolute Gasteiger partial charge is 0.252 e. The van der Waals surface area contributed by atoms with Gasteiger partial charge in [0, 0.05) is 23.1 Å². The van der Waals surface area contributed by atoms with E-state index in [2.05, 4.69) is 15.3 Å². The molecule has 0 spiro atoms. The number of pyridine rings is 1. The normalized spacial score (nSPS) is 12.5. The van der Waals surface area contributed by atoms with Crippen LogP contribution in [0.4, 0.5) is 10.3 Å². The second-order valence-corrected chi connectivity index (χ2v) is 7.10. The van der Waals surface area contributed by atoms with Gasteiger partial charge in [0.05, 0.1) is 24.9 Å². The highest BCUT2D eigenvalue weighted by atomic mass is 19.1. The molecule has 8 heteroatoms. The molecule has 7 nitrogen and oxygen atoms in total. The van der Waals surface area contributed by atoms with Crippen molar-refractivity contribution in [3.8, 4) is 11.3 Å². The molecule has 1 unspecified atom stereocenters. The van der Waals surface area contributed by atoms with E-state index >= 15 is 0 Å². The zero-order valence-electron chi connectivity index (χ0n) is 16.7. The number of rotatable bonds is 7. The minimum absolute atomic E-state index is 0.0948. The summed E-state index contributed by atoms with van der Waals surface area (Å²) >= 11 is 0. The Morgan fingerprint density at radius 1 is 1.17 bits per heavy atom. The van der Waals surface area contributed by atoms with Gasteiger partial charge in [0.1, 0.15) is 11.5 Å². The largest absolute Gasteiger partial charge is 0.394 e. The maximum atomic E-state index is 13.6. The van der Waals surface area contributed by atoms with Crippen molar-refractivity contribution in [1.29, 1.82) is 0 Å². The van der Waals surface area contributed by atoms with Gasteiger partial charge in [-0.1, -0.05) is 6.92 Å². The second kappa shape index (κ2) is 8.67. The van der Waals surface area contributed by atoms with Gasteiger partial charge in [0.25, 0.3) is 5.56 Å². The van der Waals surface area contributed by atoms with Crippen molar-refractivity contribution in [2.75, 3.05) is 18.5 Å². The molecule has 3 N–H and O–H groups in total. The van der Waals surface area contributed by atoms with Gasteiger partial charge < -0.3 is 15.5 Å². The summed E-state index contributed by atoms with van der Waals surface area (Å²) in [5.41, 5.74) is 2.21. The number of nitrogens with zero attached hydrogens (tertiary/aromatic N) is 3. The quantitative estimate of drug-likeness (QED) is 0.564. The van der Waals surface area contributed by atoms with Crippen molar-refractivity contribution < 1.29 is 14.6 Å². The van der Waals surface area contributed by atoms with Crippen LogP contribution in [0.5, 0.6) is 0 Å². The molecule has 29 heavy (non-hydrogen) atoms. The second-order valence-electron chi connectivity index (χ2n) is 7.10. The predicted molar refractivity (Wildman–Crippen MR) is 111 cm³/mol. The van der Waals surface area contributed by atoms with E-state index in [0.717, 1.165) is 6.42 Å². The van der Waals surface area contributed by atoms with Gasteiger partial charge >= 0.3 is 0 Å². The Morgan fingerprint density at radius 2 is 1.90 bits per heavy atom. The summed E-state index contributed by atoms with van der Waals surface area (Å²) in [7, 11) is 0. The minimum Gasteiger partial charge on any atom is -0.394 e. The van der Waals surface area contributed by atoms with Crippen LogP contribution in [0.2, 0.25) is 0 Å². The highest BCUT2D eigenvalue weighted by molar-refractivity contribution is 5.92. The number of aromatic nitrogens is 3. The fourth-order valence-corrected chi connectivity index (χ4v) is 3.24. The number of aliphatic hydroxyl groups excluding tert-OH is 2. The van der Waals surface area contributed by atoms with Crippen molar-refractivity contribution in [2.45, 2.75) is 39.3 Å². The van der Waals surface area contributed by atoms with Gasteiger partial charge in [-0.25, -0.2) is 9.37 Å². The number of aliphatic hydroxyl groups is 2. The lowest BCUT2D eigenvalue weighted by atomic mass is 10.0. The molecule has 0 aliphatic carbocycles. The Balaban J connectivity index is 2.35. The summed E-state index contributed by atoms with van der Waals surface area (Å²) in [6.07, 6.45) is 0.729. The summed E-state index contributed by atoms with van der Waals surface area (Å²) in [4.78, 5) is 21.7. The monoisotopic (exact) mass is 400 g/mol. The molecule has 0 aliphatic rings. The van der Waals surface area contributed by atoms with E-state index in [-0.39, 0.29) is 36.6 Å². The summed E-state index contributed by atoms with van der Waals surface area (Å²) in [5.74, 6) is -0.174. The SMILES string of the molecule is CCC(C)n1c(=O)ccc2c(-c3ccc(F)cc3C)nc(NC(CO)CO)nc21. The number of anilines is 1. The zero-order chi connectivity index (χ0) is 21.1. The lowest BCUT2D eigenvalue weighted by Gasteiger charge is -2.20. The third-order valence-electron chi connectivity index (χ3n) is 5.03. The van der Waals surface area contributed by atoms with Gasteiger partial charge in [-0.15, -0.1) is 0 Å². The van der Waals surface area contributed by atoms with Crippen LogP contribution in [0.15, 0.2) is 35.1 Å². The number of benzene rings is 1. The van der Waals surface area contributed by atoms with Gasteiger partial charge in [0.2, 0.25) is 5.95 Å². The Bertz CT molecular complexity index is 1080. The Labute approximate surface area is 167 Å². The molecule has 2 aromatic heterocycles. The van der Waals surface area contributed by atoms with E-state index in [4.69, 9.17) is 0 Å². The first-order chi connectivity index (χ1) is 13.9. The van der Waals surface area contributed by atoms with Crippen molar-refractivity contribution in [1.82, 2.24) is 14.5 Å². The maximum Gasteiger partial charge on any atom is 0.252 e. The molecular weight excluding hydrogens is 375 g/mol. The molecule has 0 bridgehead atoms. The third kappa shape index (κ3) is 4.13. The number of halogens is 1. The number of hydrogen-bond donors (Lipinski definition) is 3. The molecule has 154 valence electrons. The Hall–Kier alpha value is -2.84. The molecule has 1 atom stereocenters. The summed E-state index contributed by atoms with van der Waals surface area (Å²) in [6.45, 7) is 5.08. The number of aryl methyl sites for hydroxylation is 1. The predicted octanol–water partition coefficient (Wildman–Crippen LogP) is 2.64. The highest BCUT2D eigenvalue weighted by Crippen LogP contribution is 2.30. The van der Waals surface area contributed by atoms with Gasteiger partial charge in [-0.05, 0) is 50.1 Å². The molecular formula is C21H25FN4O3. The molecule has 0 saturated heterocycles. The van der Waals surface area contributed by atoms with E-state index in [0.29, 0.717) is 27.9 Å². The molecule has 0 fully saturated rings. The maximum absolute atomic E-state index is 13.6. The van der Waals surface area contributed by atoms with E-state index in [1.165, 1.54) is 18.2 Å². The Kier molecular flexibility index (Phi) is 6.24. The van der Waals surface area contributed by atoms with Crippen LogP contribution in [-0.2, 0) is 0 Å². The molecule has 0 amide bonds. The average Bonchev–Trinajstić information content (AvgIpc) is 2.70. The first-order valence-corrected chi connectivity index (χ1v) is 9.57. The van der Waals surface area contributed by atoms with E-state index in [1.807, 2.05) is 13.8 Å². The molecule has 0 radical (unpaired) electrons. The number of hydrogen-bond acceptors (Lipinski definition) is 6. The number of nitrogens with one attached hydrogen (secondary N) is 1. The fourth-order valence-electron chi connectivity index (χ4n) is 3.24. The fraction of sp³-hybridized carbons (Fsp3) is 0.381. The minimum atomic E-state index is -0.651. The summed E-state index contributed by atoms with van der Waals surface area (Å²) in [5, 5.41) is 22.4. The summed E-state index contributed by atoms with van der Waals surface area (Å²) < 4.78 is 15.3. The first-order valence-electron chi connectivity index (χ1n) is 9.57. The van der Waals surface area contributed by atoms with Crippen LogP contribution in [0.25, 0.3) is 22.3 Å². The lowest BCUT2D eigenvalue weighted by Crippen LogP contribution is -2.29. The molecule has 2 heterocycles. The van der Waals surface area contributed by atoms with Crippen molar-refractivity contribution >= 4 is 17.0 Å². The van der Waals surface area contributed by atoms with Crippen LogP contribution in [0.1, 0.15) is 31.9 Å². The molecule has 1 aromatic carbocycles. The third-order valence-corrected chi connectivity index (χ3v) is 5.03. The van der Waals surface area contributed by atoms with Gasteiger partial charge in [-0.2, -0.15) is 4.98 Å². The van der Waals surface area contributed by atoms with Crippen LogP contribution in [0, 0.1) is 12.7 Å². The van der Waals surface area contributed by atoms with Crippen LogP contribution >= 0.6 is 0 Å². The summed E-state index contributed by atoms with van der Waals surface area (Å²) in [6, 6.07) is 6.84. The van der Waals surface area contributed by atoms with Crippen LogP contribution in [0.3, 0.4) is 0 Å². The molecule has 0 aliphatic heterocycles. The topological polar surface area (TPSA) is 100 Å². The number of fused-ring (bicyclic) bond motifs is 1. The van der Waals surface area contributed by atoms with E-state index < -0.39 is 6.04 Å². The van der Waals surface area contributed by atoms with Crippen molar-refractivity contribution in [3.05, 3.63) is 52.1 Å².